The van der Waals surface area contributed by atoms with Gasteiger partial charge in [0.05, 0.1) is 0 Å². The first kappa shape index (κ1) is 10.2. The number of hydrogen-bond donors (Lipinski definition) is 2. The van der Waals surface area contributed by atoms with Crippen LogP contribution in [-0.2, 0) is 0 Å². The Labute approximate surface area is 67.7 Å². The van der Waals surface area contributed by atoms with Crippen molar-refractivity contribution in [2.45, 2.75) is 13.3 Å². The van der Waals surface area contributed by atoms with Gasteiger partial charge in [-0.2, -0.15) is 0 Å². The maximum atomic E-state index is 11.0. The smallest absolute Gasteiger partial charge is 0.317 e. The van der Waals surface area contributed by atoms with Gasteiger partial charge in [0.2, 0.25) is 0 Å². The molecule has 0 saturated carbocycles. The molecule has 4 nitrogen and oxygen atoms in total. The van der Waals surface area contributed by atoms with Crippen molar-refractivity contribution >= 4 is 6.03 Å². The molecule has 0 aliphatic rings. The summed E-state index contributed by atoms with van der Waals surface area (Å²) in [7, 11) is 1.76. The summed E-state index contributed by atoms with van der Waals surface area (Å²) in [5.74, 6) is 0. The quantitative estimate of drug-likeness (QED) is 0.606. The van der Waals surface area contributed by atoms with Crippen LogP contribution in [0.4, 0.5) is 4.79 Å². The maximum Gasteiger partial charge on any atom is 0.317 e. The van der Waals surface area contributed by atoms with Crippen LogP contribution in [0.15, 0.2) is 0 Å². The minimum absolute atomic E-state index is 0.0269. The number of amides is 2. The molecule has 0 aromatic heterocycles. The number of nitrogens with two attached hydrogens (primary N) is 1. The Morgan fingerprint density at radius 2 is 2.27 bits per heavy atom. The van der Waals surface area contributed by atoms with E-state index in [-0.39, 0.29) is 6.03 Å². The second kappa shape index (κ2) is 5.97. The van der Waals surface area contributed by atoms with Crippen LogP contribution in [0.3, 0.4) is 0 Å². The molecular formula is C7H17N3O. The summed E-state index contributed by atoms with van der Waals surface area (Å²) in [4.78, 5) is 12.7. The standard InChI is InChI=1S/C7H17N3O/c1-3-9-7(11)10(2)6-4-5-8/h3-6,8H2,1-2H3,(H,9,11). The van der Waals surface area contributed by atoms with Gasteiger partial charge < -0.3 is 16.0 Å². The van der Waals surface area contributed by atoms with Crippen molar-refractivity contribution in [2.24, 2.45) is 5.73 Å². The van der Waals surface area contributed by atoms with Gasteiger partial charge >= 0.3 is 6.03 Å². The molecule has 3 N–H and O–H groups in total. The van der Waals surface area contributed by atoms with E-state index in [4.69, 9.17) is 5.73 Å². The van der Waals surface area contributed by atoms with Gasteiger partial charge in [-0.05, 0) is 19.9 Å². The SMILES string of the molecule is CCNC(=O)N(C)CCCN. The molecule has 0 bridgehead atoms. The van der Waals surface area contributed by atoms with Crippen LogP contribution in [0.25, 0.3) is 0 Å². The number of carbonyl (C=O) groups excluding carboxylic acids is 1. The third kappa shape index (κ3) is 4.61. The minimum Gasteiger partial charge on any atom is -0.338 e. The third-order valence-corrected chi connectivity index (χ3v) is 1.37. The average molecular weight is 159 g/mol. The van der Waals surface area contributed by atoms with Gasteiger partial charge in [0, 0.05) is 20.1 Å². The van der Waals surface area contributed by atoms with E-state index in [1.54, 1.807) is 11.9 Å². The van der Waals surface area contributed by atoms with Crippen LogP contribution < -0.4 is 11.1 Å². The van der Waals surface area contributed by atoms with Gasteiger partial charge in [-0.3, -0.25) is 0 Å². The summed E-state index contributed by atoms with van der Waals surface area (Å²) in [6, 6.07) is -0.0269. The maximum absolute atomic E-state index is 11.0. The van der Waals surface area contributed by atoms with Crippen molar-refractivity contribution in [3.05, 3.63) is 0 Å². The number of rotatable bonds is 4. The van der Waals surface area contributed by atoms with E-state index < -0.39 is 0 Å². The molecule has 0 aliphatic carbocycles. The predicted octanol–water partition coefficient (Wildman–Crippen LogP) is -0.00350. The lowest BCUT2D eigenvalue weighted by molar-refractivity contribution is 0.209. The van der Waals surface area contributed by atoms with E-state index in [1.165, 1.54) is 0 Å². The van der Waals surface area contributed by atoms with Gasteiger partial charge in [-0.1, -0.05) is 0 Å². The Bertz CT molecular complexity index is 116. The molecule has 0 atom stereocenters. The zero-order valence-corrected chi connectivity index (χ0v) is 7.26. The molecule has 0 radical (unpaired) electrons. The Kier molecular flexibility index (Phi) is 5.56. The highest BCUT2D eigenvalue weighted by atomic mass is 16.2. The van der Waals surface area contributed by atoms with Crippen LogP contribution in [0.1, 0.15) is 13.3 Å². The normalized spacial score (nSPS) is 9.36. The summed E-state index contributed by atoms with van der Waals surface area (Å²) >= 11 is 0. The van der Waals surface area contributed by atoms with E-state index in [1.807, 2.05) is 6.92 Å². The Morgan fingerprint density at radius 1 is 1.64 bits per heavy atom. The van der Waals surface area contributed by atoms with Crippen molar-refractivity contribution in [1.82, 2.24) is 10.2 Å². The summed E-state index contributed by atoms with van der Waals surface area (Å²) in [5, 5.41) is 2.70. The molecule has 0 aromatic carbocycles. The molecular weight excluding hydrogens is 142 g/mol. The van der Waals surface area contributed by atoms with E-state index in [0.29, 0.717) is 13.1 Å². The highest BCUT2D eigenvalue weighted by Gasteiger charge is 2.04. The van der Waals surface area contributed by atoms with Gasteiger partial charge in [-0.15, -0.1) is 0 Å². The monoisotopic (exact) mass is 159 g/mol. The molecule has 0 spiro atoms. The number of nitrogens with zero attached hydrogens (tertiary/aromatic N) is 1. The van der Waals surface area contributed by atoms with Crippen LogP contribution >= 0.6 is 0 Å². The molecule has 0 rings (SSSR count). The molecule has 2 amide bonds. The molecule has 11 heavy (non-hydrogen) atoms. The molecule has 0 heterocycles. The number of urea groups is 1. The van der Waals surface area contributed by atoms with Crippen LogP contribution in [0.5, 0.6) is 0 Å². The zero-order valence-electron chi connectivity index (χ0n) is 7.26. The van der Waals surface area contributed by atoms with Crippen LogP contribution in [0, 0.1) is 0 Å². The Morgan fingerprint density at radius 3 is 2.73 bits per heavy atom. The molecule has 66 valence electrons. The van der Waals surface area contributed by atoms with Gasteiger partial charge in [-0.25, -0.2) is 4.79 Å². The predicted molar refractivity (Wildman–Crippen MR) is 45.4 cm³/mol. The topological polar surface area (TPSA) is 58.4 Å². The van der Waals surface area contributed by atoms with Crippen molar-refractivity contribution < 1.29 is 4.79 Å². The van der Waals surface area contributed by atoms with Gasteiger partial charge in [0.25, 0.3) is 0 Å². The van der Waals surface area contributed by atoms with E-state index in [2.05, 4.69) is 5.32 Å². The number of nitrogens with one attached hydrogen (secondary N) is 1. The highest BCUT2D eigenvalue weighted by molar-refractivity contribution is 5.73. The largest absolute Gasteiger partial charge is 0.338 e. The van der Waals surface area contributed by atoms with Crippen LogP contribution in [-0.4, -0.2) is 37.6 Å². The van der Waals surface area contributed by atoms with Gasteiger partial charge in [0.15, 0.2) is 0 Å². The van der Waals surface area contributed by atoms with Crippen molar-refractivity contribution in [1.29, 1.82) is 0 Å². The van der Waals surface area contributed by atoms with Crippen LogP contribution in [0.2, 0.25) is 0 Å². The Balaban J connectivity index is 3.46. The van der Waals surface area contributed by atoms with E-state index in [0.717, 1.165) is 13.0 Å². The first-order valence-corrected chi connectivity index (χ1v) is 3.91. The average Bonchev–Trinajstić information content (AvgIpc) is 2.00. The highest BCUT2D eigenvalue weighted by Crippen LogP contribution is 1.85. The molecule has 4 heteroatoms. The number of hydrogen-bond acceptors (Lipinski definition) is 2. The van der Waals surface area contributed by atoms with E-state index >= 15 is 0 Å². The molecule has 0 fully saturated rings. The minimum atomic E-state index is -0.0269. The summed E-state index contributed by atoms with van der Waals surface area (Å²) in [5.41, 5.74) is 5.29. The fraction of sp³-hybridized carbons (Fsp3) is 0.857. The first-order valence-electron chi connectivity index (χ1n) is 3.91. The van der Waals surface area contributed by atoms with Gasteiger partial charge in [0.1, 0.15) is 0 Å². The second-order valence-electron chi connectivity index (χ2n) is 2.40. The lowest BCUT2D eigenvalue weighted by Crippen LogP contribution is -2.38. The fourth-order valence-corrected chi connectivity index (χ4v) is 0.716. The number of carbonyl (C=O) groups is 1. The molecule has 0 aromatic rings. The van der Waals surface area contributed by atoms with Crippen molar-refractivity contribution in [3.63, 3.8) is 0 Å². The molecule has 0 saturated heterocycles. The Hall–Kier alpha value is -0.770. The summed E-state index contributed by atoms with van der Waals surface area (Å²) < 4.78 is 0. The van der Waals surface area contributed by atoms with Crippen molar-refractivity contribution in [2.75, 3.05) is 26.7 Å². The third-order valence-electron chi connectivity index (χ3n) is 1.37. The lowest BCUT2D eigenvalue weighted by atomic mass is 10.4. The lowest BCUT2D eigenvalue weighted by Gasteiger charge is -2.16. The first-order chi connectivity index (χ1) is 5.22. The summed E-state index contributed by atoms with van der Waals surface area (Å²) in [6.07, 6.45) is 0.855. The fourth-order valence-electron chi connectivity index (χ4n) is 0.716. The summed E-state index contributed by atoms with van der Waals surface area (Å²) in [6.45, 7) is 3.92. The van der Waals surface area contributed by atoms with Crippen molar-refractivity contribution in [3.8, 4) is 0 Å². The zero-order chi connectivity index (χ0) is 8.69. The second-order valence-corrected chi connectivity index (χ2v) is 2.40. The molecule has 0 unspecified atom stereocenters. The molecule has 0 aliphatic heterocycles. The van der Waals surface area contributed by atoms with E-state index in [9.17, 15) is 4.79 Å².